The molecule has 1 aliphatic carbocycles. The predicted molar refractivity (Wildman–Crippen MR) is 107 cm³/mol. The zero-order chi connectivity index (χ0) is 18.7. The molecule has 0 saturated heterocycles. The van der Waals surface area contributed by atoms with Crippen LogP contribution in [0.15, 0.2) is 54.7 Å². The minimum atomic E-state index is -0.102. The quantitative estimate of drug-likeness (QED) is 0.598. The van der Waals surface area contributed by atoms with Crippen LogP contribution in [0.3, 0.4) is 0 Å². The van der Waals surface area contributed by atoms with Crippen molar-refractivity contribution in [1.29, 1.82) is 0 Å². The molecule has 1 heterocycles. The number of benzene rings is 2. The fraction of sp³-hybridized carbons (Fsp3) is 0.318. The summed E-state index contributed by atoms with van der Waals surface area (Å²) in [6.07, 6.45) is 5.04. The van der Waals surface area contributed by atoms with E-state index in [0.717, 1.165) is 30.5 Å². The van der Waals surface area contributed by atoms with Crippen LogP contribution >= 0.6 is 0 Å². The van der Waals surface area contributed by atoms with E-state index in [1.54, 1.807) is 7.11 Å². The van der Waals surface area contributed by atoms with Crippen molar-refractivity contribution >= 4 is 16.9 Å². The first kappa shape index (κ1) is 17.5. The van der Waals surface area contributed by atoms with Gasteiger partial charge in [-0.15, -0.1) is 0 Å². The van der Waals surface area contributed by atoms with Gasteiger partial charge in [-0.05, 0) is 48.6 Å². The van der Waals surface area contributed by atoms with Crippen molar-refractivity contribution in [3.8, 4) is 5.75 Å². The summed E-state index contributed by atoms with van der Waals surface area (Å²) in [5.41, 5.74) is 3.71. The first-order chi connectivity index (χ1) is 13.2. The highest BCUT2D eigenvalue weighted by molar-refractivity contribution is 5.83. The summed E-state index contributed by atoms with van der Waals surface area (Å²) in [5, 5.41) is 7.23. The lowest BCUT2D eigenvalue weighted by Gasteiger charge is -2.17. The molecule has 1 aromatic heterocycles. The number of carbonyl (C=O) groups excluding carboxylic acids is 1. The van der Waals surface area contributed by atoms with E-state index in [-0.39, 0.29) is 11.4 Å². The number of para-hydroxylation sites is 1. The summed E-state index contributed by atoms with van der Waals surface area (Å²) in [6, 6.07) is 16.3. The monoisotopic (exact) mass is 363 g/mol. The molecule has 1 saturated carbocycles. The van der Waals surface area contributed by atoms with E-state index in [0.29, 0.717) is 13.1 Å². The van der Waals surface area contributed by atoms with E-state index >= 15 is 0 Å². The smallest absolute Gasteiger partial charge is 0.314 e. The minimum Gasteiger partial charge on any atom is -0.497 e. The topological polar surface area (TPSA) is 66.2 Å². The summed E-state index contributed by atoms with van der Waals surface area (Å²) in [5.74, 6) is 0.859. The Balaban J connectivity index is 1.26. The first-order valence-electron chi connectivity index (χ1n) is 9.41. The summed E-state index contributed by atoms with van der Waals surface area (Å²) >= 11 is 0. The first-order valence-corrected chi connectivity index (χ1v) is 9.41. The molecule has 5 heteroatoms. The van der Waals surface area contributed by atoms with Crippen molar-refractivity contribution in [1.82, 2.24) is 15.6 Å². The third kappa shape index (κ3) is 3.77. The van der Waals surface area contributed by atoms with Gasteiger partial charge < -0.3 is 20.4 Å². The highest BCUT2D eigenvalue weighted by Gasteiger charge is 2.44. The molecular formula is C22H25N3O2. The van der Waals surface area contributed by atoms with Gasteiger partial charge in [-0.2, -0.15) is 0 Å². The van der Waals surface area contributed by atoms with Crippen LogP contribution in [0, 0.1) is 0 Å². The van der Waals surface area contributed by atoms with Crippen LogP contribution in [-0.2, 0) is 11.8 Å². The van der Waals surface area contributed by atoms with Crippen LogP contribution in [0.4, 0.5) is 4.79 Å². The van der Waals surface area contributed by atoms with Crippen molar-refractivity contribution in [2.45, 2.75) is 24.7 Å². The van der Waals surface area contributed by atoms with Gasteiger partial charge in [0.25, 0.3) is 0 Å². The number of amides is 2. The van der Waals surface area contributed by atoms with Crippen molar-refractivity contribution in [2.75, 3.05) is 20.2 Å². The summed E-state index contributed by atoms with van der Waals surface area (Å²) in [4.78, 5) is 15.5. The van der Waals surface area contributed by atoms with Gasteiger partial charge in [0, 0.05) is 35.6 Å². The fourth-order valence-corrected chi connectivity index (χ4v) is 3.62. The maximum Gasteiger partial charge on any atom is 0.314 e. The maximum atomic E-state index is 12.2. The Labute approximate surface area is 159 Å². The zero-order valence-electron chi connectivity index (χ0n) is 15.5. The molecule has 140 valence electrons. The predicted octanol–water partition coefficient (Wildman–Crippen LogP) is 3.75. The molecule has 0 atom stereocenters. The number of nitrogens with one attached hydrogen (secondary N) is 3. The molecular weight excluding hydrogens is 338 g/mol. The van der Waals surface area contributed by atoms with Crippen molar-refractivity contribution < 1.29 is 9.53 Å². The Morgan fingerprint density at radius 3 is 2.63 bits per heavy atom. The summed E-state index contributed by atoms with van der Waals surface area (Å²) < 4.78 is 5.22. The summed E-state index contributed by atoms with van der Waals surface area (Å²) in [6.45, 7) is 1.28. The highest BCUT2D eigenvalue weighted by Crippen LogP contribution is 2.47. The van der Waals surface area contributed by atoms with Crippen molar-refractivity contribution in [3.63, 3.8) is 0 Å². The average molecular weight is 363 g/mol. The van der Waals surface area contributed by atoms with Crippen LogP contribution in [0.1, 0.15) is 24.0 Å². The van der Waals surface area contributed by atoms with Gasteiger partial charge in [0.2, 0.25) is 0 Å². The Bertz CT molecular complexity index is 926. The minimum absolute atomic E-state index is 0.0838. The lowest BCUT2D eigenvalue weighted by molar-refractivity contribution is 0.240. The number of aromatic nitrogens is 1. The second kappa shape index (κ2) is 7.35. The molecule has 5 nitrogen and oxygen atoms in total. The molecule has 4 rings (SSSR count). The van der Waals surface area contributed by atoms with Gasteiger partial charge in [0.05, 0.1) is 7.11 Å². The Morgan fingerprint density at radius 2 is 1.89 bits per heavy atom. The van der Waals surface area contributed by atoms with Gasteiger partial charge in [-0.1, -0.05) is 30.3 Å². The van der Waals surface area contributed by atoms with E-state index in [2.05, 4.69) is 39.9 Å². The lowest BCUT2D eigenvalue weighted by Crippen LogP contribution is -2.40. The number of hydrogen-bond donors (Lipinski definition) is 3. The number of ether oxygens (including phenoxy) is 1. The number of H-pyrrole nitrogens is 1. The van der Waals surface area contributed by atoms with Gasteiger partial charge in [0.1, 0.15) is 5.75 Å². The molecule has 0 radical (unpaired) electrons. The molecule has 3 aromatic rings. The number of hydrogen-bond acceptors (Lipinski definition) is 2. The van der Waals surface area contributed by atoms with Gasteiger partial charge in [-0.25, -0.2) is 4.79 Å². The summed E-state index contributed by atoms with van der Waals surface area (Å²) in [7, 11) is 1.67. The Kier molecular flexibility index (Phi) is 4.75. The van der Waals surface area contributed by atoms with Gasteiger partial charge >= 0.3 is 6.03 Å². The lowest BCUT2D eigenvalue weighted by atomic mass is 9.96. The Hall–Kier alpha value is -2.95. The molecule has 1 aliphatic rings. The SMILES string of the molecule is COc1ccc(C2(CNC(=O)NCCc3c[nH]c4ccccc34)CC2)cc1. The molecule has 0 aliphatic heterocycles. The van der Waals surface area contributed by atoms with Crippen LogP contribution in [-0.4, -0.2) is 31.2 Å². The molecule has 1 fully saturated rings. The number of fused-ring (bicyclic) bond motifs is 1. The molecule has 27 heavy (non-hydrogen) atoms. The highest BCUT2D eigenvalue weighted by atomic mass is 16.5. The van der Waals surface area contributed by atoms with E-state index < -0.39 is 0 Å². The van der Waals surface area contributed by atoms with Crippen LogP contribution in [0.5, 0.6) is 5.75 Å². The third-order valence-corrected chi connectivity index (χ3v) is 5.50. The third-order valence-electron chi connectivity index (χ3n) is 5.50. The fourth-order valence-electron chi connectivity index (χ4n) is 3.62. The van der Waals surface area contributed by atoms with E-state index in [4.69, 9.17) is 4.74 Å². The van der Waals surface area contributed by atoms with Crippen LogP contribution < -0.4 is 15.4 Å². The van der Waals surface area contributed by atoms with Gasteiger partial charge in [0.15, 0.2) is 0 Å². The molecule has 2 aromatic carbocycles. The van der Waals surface area contributed by atoms with Crippen molar-refractivity contribution in [2.24, 2.45) is 0 Å². The second-order valence-corrected chi connectivity index (χ2v) is 7.23. The molecule has 0 bridgehead atoms. The number of carbonyl (C=O) groups is 1. The van der Waals surface area contributed by atoms with Crippen LogP contribution in [0.2, 0.25) is 0 Å². The molecule has 0 spiro atoms. The van der Waals surface area contributed by atoms with Crippen molar-refractivity contribution in [3.05, 3.63) is 65.9 Å². The van der Waals surface area contributed by atoms with E-state index in [9.17, 15) is 4.79 Å². The van der Waals surface area contributed by atoms with Gasteiger partial charge in [-0.3, -0.25) is 0 Å². The number of aromatic amines is 1. The molecule has 3 N–H and O–H groups in total. The van der Waals surface area contributed by atoms with E-state index in [1.807, 2.05) is 30.5 Å². The number of methoxy groups -OCH3 is 1. The van der Waals surface area contributed by atoms with Crippen LogP contribution in [0.25, 0.3) is 10.9 Å². The van der Waals surface area contributed by atoms with E-state index in [1.165, 1.54) is 16.5 Å². The standard InChI is InChI=1S/C22H25N3O2/c1-27-18-8-6-17(7-9-18)22(11-12-22)15-25-21(26)23-13-10-16-14-24-20-5-3-2-4-19(16)20/h2-9,14,24H,10-13,15H2,1H3,(H2,23,25,26). The molecule has 2 amide bonds. The average Bonchev–Trinajstić information content (AvgIpc) is 3.40. The number of urea groups is 1. The second-order valence-electron chi connectivity index (χ2n) is 7.23. The Morgan fingerprint density at radius 1 is 1.11 bits per heavy atom. The largest absolute Gasteiger partial charge is 0.497 e. The zero-order valence-corrected chi connectivity index (χ0v) is 15.5. The maximum absolute atomic E-state index is 12.2. The molecule has 0 unspecified atom stereocenters. The normalized spacial score (nSPS) is 14.7. The number of rotatable bonds is 7.